The van der Waals surface area contributed by atoms with Crippen LogP contribution in [0.3, 0.4) is 0 Å². The molecule has 2 amide bonds. The minimum atomic E-state index is -0.469. The van der Waals surface area contributed by atoms with Crippen molar-refractivity contribution in [2.24, 2.45) is 0 Å². The van der Waals surface area contributed by atoms with E-state index in [1.807, 2.05) is 13.8 Å². The molecule has 2 rings (SSSR count). The third-order valence-electron chi connectivity index (χ3n) is 2.58. The highest BCUT2D eigenvalue weighted by Crippen LogP contribution is 2.11. The summed E-state index contributed by atoms with van der Waals surface area (Å²) < 4.78 is 0. The van der Waals surface area contributed by atoms with Crippen LogP contribution >= 0.6 is 0 Å². The van der Waals surface area contributed by atoms with E-state index in [0.29, 0.717) is 5.69 Å². The summed E-state index contributed by atoms with van der Waals surface area (Å²) in [5.74, 6) is -0.636. The highest BCUT2D eigenvalue weighted by molar-refractivity contribution is 5.97. The van der Waals surface area contributed by atoms with E-state index < -0.39 is 11.8 Å². The first kappa shape index (κ1) is 12.9. The minimum Gasteiger partial charge on any atom is -0.357 e. The van der Waals surface area contributed by atoms with E-state index in [-0.39, 0.29) is 11.6 Å². The van der Waals surface area contributed by atoms with E-state index in [4.69, 9.17) is 0 Å². The Bertz CT molecular complexity index is 571. The van der Waals surface area contributed by atoms with Crippen LogP contribution in [-0.4, -0.2) is 27.0 Å². The summed E-state index contributed by atoms with van der Waals surface area (Å²) in [5.41, 5.74) is 6.06. The molecule has 0 unspecified atom stereocenters. The van der Waals surface area contributed by atoms with E-state index in [2.05, 4.69) is 26.0 Å². The highest BCUT2D eigenvalue weighted by atomic mass is 16.2. The van der Waals surface area contributed by atoms with Crippen molar-refractivity contribution in [3.8, 4) is 0 Å². The Morgan fingerprint density at radius 2 is 2.00 bits per heavy atom. The lowest BCUT2D eigenvalue weighted by Crippen LogP contribution is -2.41. The molecule has 0 radical (unpaired) electrons. The van der Waals surface area contributed by atoms with Gasteiger partial charge in [0.2, 0.25) is 0 Å². The topological polar surface area (TPSA) is 103 Å². The number of aromatic nitrogens is 3. The molecule has 2 aromatic heterocycles. The summed E-state index contributed by atoms with van der Waals surface area (Å²) in [6, 6.07) is 4.95. The zero-order chi connectivity index (χ0) is 13.8. The molecule has 0 bridgehead atoms. The normalized spacial score (nSPS) is 10.5. The van der Waals surface area contributed by atoms with Gasteiger partial charge in [-0.15, -0.1) is 0 Å². The van der Waals surface area contributed by atoms with Gasteiger partial charge in [0.15, 0.2) is 5.69 Å². The molecule has 7 nitrogen and oxygen atoms in total. The molecule has 0 aliphatic rings. The van der Waals surface area contributed by atoms with Crippen LogP contribution in [0.2, 0.25) is 0 Å². The first-order valence-electron chi connectivity index (χ1n) is 5.87. The number of carbonyl (C=O) groups is 2. The lowest BCUT2D eigenvalue weighted by atomic mass is 10.1. The Kier molecular flexibility index (Phi) is 3.65. The fraction of sp³-hybridized carbons (Fsp3) is 0.250. The maximum Gasteiger partial charge on any atom is 0.290 e. The Balaban J connectivity index is 1.92. The number of rotatable bonds is 3. The predicted molar refractivity (Wildman–Crippen MR) is 68.4 cm³/mol. The summed E-state index contributed by atoms with van der Waals surface area (Å²) in [4.78, 5) is 26.0. The second-order valence-corrected chi connectivity index (χ2v) is 4.36. The minimum absolute atomic E-state index is 0.232. The molecule has 2 aromatic rings. The number of H-pyrrole nitrogens is 2. The van der Waals surface area contributed by atoms with Gasteiger partial charge in [0.25, 0.3) is 11.8 Å². The molecule has 2 heterocycles. The molecule has 0 aliphatic carbocycles. The van der Waals surface area contributed by atoms with Gasteiger partial charge in [-0.2, -0.15) is 5.10 Å². The molecule has 4 N–H and O–H groups in total. The molecule has 0 fully saturated rings. The molecule has 0 saturated heterocycles. The second kappa shape index (κ2) is 5.38. The van der Waals surface area contributed by atoms with Crippen LogP contribution in [0, 0.1) is 0 Å². The van der Waals surface area contributed by atoms with Gasteiger partial charge in [0, 0.05) is 11.9 Å². The Labute approximate surface area is 109 Å². The van der Waals surface area contributed by atoms with E-state index in [9.17, 15) is 9.59 Å². The smallest absolute Gasteiger partial charge is 0.290 e. The largest absolute Gasteiger partial charge is 0.357 e. The average Bonchev–Trinajstić information content (AvgIpc) is 3.05. The van der Waals surface area contributed by atoms with Gasteiger partial charge >= 0.3 is 0 Å². The Morgan fingerprint density at radius 1 is 1.26 bits per heavy atom. The van der Waals surface area contributed by atoms with E-state index in [0.717, 1.165) is 5.69 Å². The van der Waals surface area contributed by atoms with Gasteiger partial charge in [-0.1, -0.05) is 13.8 Å². The molecule has 0 spiro atoms. The van der Waals surface area contributed by atoms with Crippen LogP contribution in [0.5, 0.6) is 0 Å². The number of hydrogen-bond donors (Lipinski definition) is 4. The van der Waals surface area contributed by atoms with Crippen LogP contribution in [0.15, 0.2) is 24.4 Å². The van der Waals surface area contributed by atoms with Gasteiger partial charge in [0.1, 0.15) is 5.69 Å². The zero-order valence-corrected chi connectivity index (χ0v) is 10.7. The fourth-order valence-electron chi connectivity index (χ4n) is 1.47. The Hall–Kier alpha value is -2.57. The lowest BCUT2D eigenvalue weighted by molar-refractivity contribution is 0.0841. The van der Waals surface area contributed by atoms with Gasteiger partial charge in [-0.3, -0.25) is 25.5 Å². The van der Waals surface area contributed by atoms with Crippen molar-refractivity contribution in [2.75, 3.05) is 0 Å². The molecule has 0 saturated carbocycles. The predicted octanol–water partition coefficient (Wildman–Crippen LogP) is 0.936. The molecule has 0 atom stereocenters. The first-order chi connectivity index (χ1) is 9.08. The number of hydrazine groups is 1. The van der Waals surface area contributed by atoms with E-state index >= 15 is 0 Å². The third-order valence-corrected chi connectivity index (χ3v) is 2.58. The monoisotopic (exact) mass is 261 g/mol. The summed E-state index contributed by atoms with van der Waals surface area (Å²) >= 11 is 0. The molecule has 7 heteroatoms. The Morgan fingerprint density at radius 3 is 2.58 bits per heavy atom. The number of carbonyl (C=O) groups excluding carboxylic acids is 2. The van der Waals surface area contributed by atoms with Gasteiger partial charge in [0.05, 0.1) is 0 Å². The molecular formula is C12H15N5O2. The van der Waals surface area contributed by atoms with E-state index in [1.165, 1.54) is 0 Å². The number of nitrogens with one attached hydrogen (secondary N) is 4. The second-order valence-electron chi connectivity index (χ2n) is 4.36. The number of amides is 2. The van der Waals surface area contributed by atoms with Crippen molar-refractivity contribution in [3.05, 3.63) is 41.5 Å². The number of hydrogen-bond acceptors (Lipinski definition) is 3. The van der Waals surface area contributed by atoms with Crippen molar-refractivity contribution < 1.29 is 9.59 Å². The molecule has 0 aliphatic heterocycles. The third kappa shape index (κ3) is 3.01. The highest BCUT2D eigenvalue weighted by Gasteiger charge is 2.13. The molecular weight excluding hydrogens is 246 g/mol. The molecule has 19 heavy (non-hydrogen) atoms. The standard InChI is InChI=1S/C12H15N5O2/c1-7(2)9-6-10(15-14-9)12(19)17-16-11(18)8-4-3-5-13-8/h3-7,13H,1-2H3,(H,14,15)(H,16,18)(H,17,19). The van der Waals surface area contributed by atoms with Crippen LogP contribution in [0.4, 0.5) is 0 Å². The van der Waals surface area contributed by atoms with Crippen LogP contribution < -0.4 is 10.9 Å². The lowest BCUT2D eigenvalue weighted by Gasteiger charge is -2.04. The van der Waals surface area contributed by atoms with Crippen LogP contribution in [0.1, 0.15) is 46.4 Å². The number of aromatic amines is 2. The fourth-order valence-corrected chi connectivity index (χ4v) is 1.47. The zero-order valence-electron chi connectivity index (χ0n) is 10.7. The van der Waals surface area contributed by atoms with Crippen LogP contribution in [-0.2, 0) is 0 Å². The average molecular weight is 261 g/mol. The number of nitrogens with zero attached hydrogens (tertiary/aromatic N) is 1. The van der Waals surface area contributed by atoms with Gasteiger partial charge in [-0.25, -0.2) is 0 Å². The molecule has 100 valence electrons. The SMILES string of the molecule is CC(C)c1cc(C(=O)NNC(=O)c2ccc[nH]2)n[nH]1. The molecule has 0 aromatic carbocycles. The van der Waals surface area contributed by atoms with E-state index in [1.54, 1.807) is 24.4 Å². The summed E-state index contributed by atoms with van der Waals surface area (Å²) in [6.07, 6.45) is 1.62. The van der Waals surface area contributed by atoms with Crippen molar-refractivity contribution in [1.82, 2.24) is 26.0 Å². The van der Waals surface area contributed by atoms with Crippen molar-refractivity contribution >= 4 is 11.8 Å². The maximum absolute atomic E-state index is 11.7. The quantitative estimate of drug-likeness (QED) is 0.618. The van der Waals surface area contributed by atoms with Crippen molar-refractivity contribution in [1.29, 1.82) is 0 Å². The van der Waals surface area contributed by atoms with Gasteiger partial charge < -0.3 is 4.98 Å². The van der Waals surface area contributed by atoms with Crippen molar-refractivity contribution in [2.45, 2.75) is 19.8 Å². The van der Waals surface area contributed by atoms with Gasteiger partial charge in [-0.05, 0) is 24.1 Å². The summed E-state index contributed by atoms with van der Waals surface area (Å²) in [6.45, 7) is 3.98. The first-order valence-corrected chi connectivity index (χ1v) is 5.87. The summed E-state index contributed by atoms with van der Waals surface area (Å²) in [7, 11) is 0. The van der Waals surface area contributed by atoms with Crippen LogP contribution in [0.25, 0.3) is 0 Å². The summed E-state index contributed by atoms with van der Waals surface area (Å²) in [5, 5.41) is 6.65. The van der Waals surface area contributed by atoms with Crippen molar-refractivity contribution in [3.63, 3.8) is 0 Å². The maximum atomic E-state index is 11.7.